The number of quaternary nitrogens is 1. The summed E-state index contributed by atoms with van der Waals surface area (Å²) in [5.41, 5.74) is 0. The minimum absolute atomic E-state index is 0.0501. The molecule has 0 heterocycles. The van der Waals surface area contributed by atoms with Crippen molar-refractivity contribution in [3.63, 3.8) is 0 Å². The molecule has 1 unspecified atom stereocenters. The molecule has 0 aliphatic rings. The van der Waals surface area contributed by atoms with E-state index in [1.807, 2.05) is 27.2 Å². The second-order valence-electron chi connectivity index (χ2n) is 15.1. The SMILES string of the molecule is CCCC/C=C/C/C=C/CCCCCCCC(=O)OC[C@H](COP(=O)([O-])OCC[N+](C)(C)C)OC(=O)/C=C/C=C/CCCCCCCCCCCCC. The van der Waals surface area contributed by atoms with Crippen molar-refractivity contribution in [3.05, 3.63) is 48.6 Å². The Morgan fingerprint density at radius 2 is 1.17 bits per heavy atom. The number of carbonyl (C=O) groups is 2. The van der Waals surface area contributed by atoms with Gasteiger partial charge in [-0.3, -0.25) is 9.36 Å². The van der Waals surface area contributed by atoms with Crippen molar-refractivity contribution >= 4 is 19.8 Å². The Morgan fingerprint density at radius 1 is 0.642 bits per heavy atom. The number of allylic oxidation sites excluding steroid dienone is 7. The van der Waals surface area contributed by atoms with E-state index >= 15 is 0 Å². The maximum absolute atomic E-state index is 12.5. The molecule has 0 aromatic rings. The average Bonchev–Trinajstić information content (AvgIpc) is 3.10. The van der Waals surface area contributed by atoms with E-state index in [1.165, 1.54) is 83.1 Å². The normalized spacial score (nSPS) is 14.2. The van der Waals surface area contributed by atoms with Crippen LogP contribution in [-0.2, 0) is 32.7 Å². The number of phosphoric acid groups is 1. The first-order chi connectivity index (χ1) is 25.5. The summed E-state index contributed by atoms with van der Waals surface area (Å²) in [5, 5.41) is 0. The molecule has 0 saturated carbocycles. The smallest absolute Gasteiger partial charge is 0.331 e. The van der Waals surface area contributed by atoms with Gasteiger partial charge in [0, 0.05) is 12.5 Å². The Kier molecular flexibility index (Phi) is 34.3. The largest absolute Gasteiger partial charge is 0.756 e. The second-order valence-corrected chi connectivity index (χ2v) is 16.5. The van der Waals surface area contributed by atoms with Gasteiger partial charge in [0.2, 0.25) is 0 Å². The molecule has 0 aromatic heterocycles. The molecule has 0 spiro atoms. The van der Waals surface area contributed by atoms with Crippen LogP contribution in [0, 0.1) is 0 Å². The van der Waals surface area contributed by atoms with Crippen LogP contribution in [0.3, 0.4) is 0 Å². The number of esters is 2. The van der Waals surface area contributed by atoms with Crippen molar-refractivity contribution in [2.24, 2.45) is 0 Å². The molecule has 0 amide bonds. The molecule has 0 aromatic carbocycles. The summed E-state index contributed by atoms with van der Waals surface area (Å²) >= 11 is 0. The molecule has 0 fully saturated rings. The van der Waals surface area contributed by atoms with E-state index in [0.717, 1.165) is 57.8 Å². The van der Waals surface area contributed by atoms with Crippen LogP contribution in [0.1, 0.15) is 162 Å². The molecule has 53 heavy (non-hydrogen) atoms. The minimum Gasteiger partial charge on any atom is -0.756 e. The van der Waals surface area contributed by atoms with Gasteiger partial charge < -0.3 is 27.9 Å². The number of phosphoric ester groups is 1. The molecule has 0 bridgehead atoms. The number of likely N-dealkylation sites (N-methyl/N-ethyl adjacent to an activating group) is 1. The van der Waals surface area contributed by atoms with E-state index in [4.69, 9.17) is 18.5 Å². The van der Waals surface area contributed by atoms with E-state index in [-0.39, 0.29) is 19.6 Å². The lowest BCUT2D eigenvalue weighted by Gasteiger charge is -2.28. The van der Waals surface area contributed by atoms with Gasteiger partial charge in [-0.05, 0) is 44.9 Å². The molecule has 10 heteroatoms. The third-order valence-corrected chi connectivity index (χ3v) is 9.64. The standard InChI is InChI=1S/C43H78NO8P/c1-6-8-10-12-14-16-18-20-22-24-26-28-30-32-34-36-43(46)52-41(40-51-53(47,48)50-38-37-44(3,4)5)39-49-42(45)35-33-31-29-27-25-23-21-19-17-15-13-11-9-7-2/h13,15,19,21,30,32,34,36,41H,6-12,14,16-18,20,22-29,31,33,35,37-40H2,1-5H3/b15-13+,21-19+,32-30+,36-34+/t41-/m1/s1. The van der Waals surface area contributed by atoms with E-state index in [1.54, 1.807) is 12.2 Å². The first kappa shape index (κ1) is 51.0. The second kappa shape index (κ2) is 35.7. The van der Waals surface area contributed by atoms with Crippen molar-refractivity contribution in [1.82, 2.24) is 0 Å². The maximum atomic E-state index is 12.5. The molecule has 0 radical (unpaired) electrons. The highest BCUT2D eigenvalue weighted by Crippen LogP contribution is 2.38. The van der Waals surface area contributed by atoms with Crippen LogP contribution in [0.2, 0.25) is 0 Å². The summed E-state index contributed by atoms with van der Waals surface area (Å²) in [5.74, 6) is -1.11. The number of hydrogen-bond donors (Lipinski definition) is 0. The lowest BCUT2D eigenvalue weighted by atomic mass is 10.1. The van der Waals surface area contributed by atoms with Gasteiger partial charge >= 0.3 is 11.9 Å². The fraction of sp³-hybridized carbons (Fsp3) is 0.767. The van der Waals surface area contributed by atoms with Crippen molar-refractivity contribution in [2.75, 3.05) is 47.5 Å². The first-order valence-corrected chi connectivity index (χ1v) is 22.3. The highest BCUT2D eigenvalue weighted by atomic mass is 31.2. The van der Waals surface area contributed by atoms with E-state index in [0.29, 0.717) is 17.4 Å². The molecular formula is C43H78NO8P. The van der Waals surface area contributed by atoms with Crippen molar-refractivity contribution < 1.29 is 42.1 Å². The third kappa shape index (κ3) is 39.5. The topological polar surface area (TPSA) is 111 Å². The lowest BCUT2D eigenvalue weighted by molar-refractivity contribution is -0.870. The summed E-state index contributed by atoms with van der Waals surface area (Å²) < 4.78 is 33.6. The predicted octanol–water partition coefficient (Wildman–Crippen LogP) is 10.9. The molecule has 0 aliphatic heterocycles. The average molecular weight is 768 g/mol. The molecule has 308 valence electrons. The summed E-state index contributed by atoms with van der Waals surface area (Å²) in [6.07, 6.45) is 40.6. The van der Waals surface area contributed by atoms with E-state index in [2.05, 4.69) is 38.2 Å². The molecule has 0 N–H and O–H groups in total. The fourth-order valence-electron chi connectivity index (χ4n) is 5.34. The number of rotatable bonds is 37. The van der Waals surface area contributed by atoms with Crippen LogP contribution in [0.25, 0.3) is 0 Å². The lowest BCUT2D eigenvalue weighted by Crippen LogP contribution is -2.37. The van der Waals surface area contributed by atoms with Gasteiger partial charge in [-0.2, -0.15) is 0 Å². The highest BCUT2D eigenvalue weighted by molar-refractivity contribution is 7.45. The van der Waals surface area contributed by atoms with Crippen LogP contribution >= 0.6 is 7.82 Å². The Hall–Kier alpha value is -2.03. The van der Waals surface area contributed by atoms with Gasteiger partial charge in [-0.1, -0.05) is 153 Å². The summed E-state index contributed by atoms with van der Waals surface area (Å²) in [7, 11) is 1.10. The van der Waals surface area contributed by atoms with Crippen LogP contribution in [0.15, 0.2) is 48.6 Å². The zero-order valence-electron chi connectivity index (χ0n) is 34.4. The van der Waals surface area contributed by atoms with E-state index in [9.17, 15) is 19.0 Å². The monoisotopic (exact) mass is 768 g/mol. The summed E-state index contributed by atoms with van der Waals surface area (Å²) in [6.45, 7) is 4.03. The number of hydrogen-bond acceptors (Lipinski definition) is 8. The molecule has 0 rings (SSSR count). The molecule has 0 saturated heterocycles. The Balaban J connectivity index is 4.53. The Morgan fingerprint density at radius 3 is 1.75 bits per heavy atom. The minimum atomic E-state index is -4.65. The zero-order valence-corrected chi connectivity index (χ0v) is 35.3. The van der Waals surface area contributed by atoms with Gasteiger partial charge in [-0.25, -0.2) is 4.79 Å². The Labute approximate surface area is 324 Å². The van der Waals surface area contributed by atoms with Crippen LogP contribution in [0.5, 0.6) is 0 Å². The fourth-order valence-corrected chi connectivity index (χ4v) is 6.07. The molecule has 2 atom stereocenters. The highest BCUT2D eigenvalue weighted by Gasteiger charge is 2.21. The van der Waals surface area contributed by atoms with Gasteiger partial charge in [-0.15, -0.1) is 0 Å². The van der Waals surface area contributed by atoms with Crippen molar-refractivity contribution in [2.45, 2.75) is 168 Å². The van der Waals surface area contributed by atoms with Crippen LogP contribution in [0.4, 0.5) is 0 Å². The summed E-state index contributed by atoms with van der Waals surface area (Å²) in [4.78, 5) is 37.3. The van der Waals surface area contributed by atoms with E-state index < -0.39 is 32.5 Å². The number of ether oxygens (including phenoxy) is 2. The predicted molar refractivity (Wildman–Crippen MR) is 217 cm³/mol. The van der Waals surface area contributed by atoms with Gasteiger partial charge in [0.05, 0.1) is 27.7 Å². The van der Waals surface area contributed by atoms with Gasteiger partial charge in [0.1, 0.15) is 19.8 Å². The van der Waals surface area contributed by atoms with Crippen LogP contribution < -0.4 is 4.89 Å². The Bertz CT molecular complexity index is 1050. The van der Waals surface area contributed by atoms with Gasteiger partial charge in [0.15, 0.2) is 6.10 Å². The molecular weight excluding hydrogens is 689 g/mol. The van der Waals surface area contributed by atoms with Crippen molar-refractivity contribution in [3.8, 4) is 0 Å². The number of unbranched alkanes of at least 4 members (excludes halogenated alkanes) is 18. The maximum Gasteiger partial charge on any atom is 0.331 e. The molecule has 9 nitrogen and oxygen atoms in total. The third-order valence-electron chi connectivity index (χ3n) is 8.68. The molecule has 0 aliphatic carbocycles. The van der Waals surface area contributed by atoms with Crippen LogP contribution in [-0.4, -0.2) is 70.0 Å². The van der Waals surface area contributed by atoms with Crippen molar-refractivity contribution in [1.29, 1.82) is 0 Å². The number of nitrogens with zero attached hydrogens (tertiary/aromatic N) is 1. The van der Waals surface area contributed by atoms with Gasteiger partial charge in [0.25, 0.3) is 7.82 Å². The number of carbonyl (C=O) groups excluding carboxylic acids is 2. The quantitative estimate of drug-likeness (QED) is 0.0117. The zero-order chi connectivity index (χ0) is 39.3. The summed E-state index contributed by atoms with van der Waals surface area (Å²) in [6, 6.07) is 0. The first-order valence-electron chi connectivity index (χ1n) is 20.9.